The molecule has 0 bridgehead atoms. The number of nitrogen functional groups attached to an aromatic ring is 1. The highest BCUT2D eigenvalue weighted by molar-refractivity contribution is 7.97. The summed E-state index contributed by atoms with van der Waals surface area (Å²) in [5.74, 6) is 0.799. The van der Waals surface area contributed by atoms with Crippen LogP contribution in [0.4, 0.5) is 5.82 Å². The summed E-state index contributed by atoms with van der Waals surface area (Å²) >= 11 is 0. The number of carboxylic acids is 1. The van der Waals surface area contributed by atoms with Crippen molar-refractivity contribution in [3.63, 3.8) is 0 Å². The number of carboxylic acid groups (broad SMARTS) is 1. The van der Waals surface area contributed by atoms with Crippen LogP contribution < -0.4 is 11.5 Å². The van der Waals surface area contributed by atoms with Crippen LogP contribution in [0.15, 0.2) is 25.3 Å². The molecule has 2 aromatic rings. The molecular weight excluding hydrogens is 400 g/mol. The Morgan fingerprint density at radius 1 is 1.38 bits per heavy atom. The van der Waals surface area contributed by atoms with Crippen LogP contribution in [0.25, 0.3) is 11.2 Å². The Bertz CT molecular complexity index is 879. The first-order valence-corrected chi connectivity index (χ1v) is 10.7. The predicted octanol–water partition coefficient (Wildman–Crippen LogP) is -1.37. The van der Waals surface area contributed by atoms with E-state index in [0.29, 0.717) is 34.8 Å². The molecule has 0 spiro atoms. The molecule has 0 aromatic carbocycles. The normalized spacial score (nSPS) is 26.4. The molecule has 1 aliphatic rings. The van der Waals surface area contributed by atoms with Gasteiger partial charge in [0.25, 0.3) is 0 Å². The van der Waals surface area contributed by atoms with Crippen LogP contribution in [0.3, 0.4) is 0 Å². The van der Waals surface area contributed by atoms with Crippen molar-refractivity contribution in [2.45, 2.75) is 37.0 Å². The number of carbonyl (C=O) groups is 1. The lowest BCUT2D eigenvalue weighted by Gasteiger charge is -2.16. The fourth-order valence-corrected chi connectivity index (χ4v) is 5.33. The SMILES string of the molecule is C=CC[S+](CCC(N)C(=O)O)C[C@H]1O[C@@H](n2cnc3c(N)ncnc32)[C@H](O)[C@@H]1O. The van der Waals surface area contributed by atoms with Gasteiger partial charge in [-0.25, -0.2) is 15.0 Å². The summed E-state index contributed by atoms with van der Waals surface area (Å²) in [5.41, 5.74) is 12.2. The van der Waals surface area contributed by atoms with Gasteiger partial charge in [0.05, 0.1) is 6.33 Å². The average Bonchev–Trinajstić information content (AvgIpc) is 3.23. The Kier molecular flexibility index (Phi) is 6.70. The number of ether oxygens (including phenoxy) is 1. The van der Waals surface area contributed by atoms with Crippen molar-refractivity contribution in [1.82, 2.24) is 19.5 Å². The maximum Gasteiger partial charge on any atom is 0.320 e. The number of aliphatic hydroxyl groups is 2. The number of rotatable bonds is 9. The van der Waals surface area contributed by atoms with Crippen molar-refractivity contribution in [2.75, 3.05) is 23.0 Å². The van der Waals surface area contributed by atoms with Gasteiger partial charge in [-0.3, -0.25) is 9.36 Å². The topological polar surface area (TPSA) is 183 Å². The number of imidazole rings is 1. The fourth-order valence-electron chi connectivity index (χ4n) is 3.20. The Morgan fingerprint density at radius 3 is 2.83 bits per heavy atom. The van der Waals surface area contributed by atoms with Gasteiger partial charge in [0, 0.05) is 6.42 Å². The first-order chi connectivity index (χ1) is 13.8. The summed E-state index contributed by atoms with van der Waals surface area (Å²) < 4.78 is 7.48. The second-order valence-corrected chi connectivity index (χ2v) is 9.10. The number of hydrogen-bond acceptors (Lipinski definition) is 9. The Balaban J connectivity index is 1.73. The number of aromatic nitrogens is 4. The smallest absolute Gasteiger partial charge is 0.320 e. The molecule has 3 rings (SSSR count). The quantitative estimate of drug-likeness (QED) is 0.237. The van der Waals surface area contributed by atoms with E-state index < -0.39 is 36.6 Å². The summed E-state index contributed by atoms with van der Waals surface area (Å²) in [6, 6.07) is -0.940. The summed E-state index contributed by atoms with van der Waals surface area (Å²) in [5, 5.41) is 30.0. The number of anilines is 1. The van der Waals surface area contributed by atoms with Crippen LogP contribution in [0, 0.1) is 0 Å². The standard InChI is InChI=1S/C17H24N6O5S/c1-2-4-29(5-3-9(18)17(26)27)6-10-12(24)13(25)16(28-10)23-8-22-11-14(19)20-7-21-15(11)23/h2,7-10,12-13,16,24-25H,1,3-6,18H2,(H2-,19,20,21,26,27)/p+1/t9?,10-,12-,13-,16-,29?/m1/s1. The molecule has 2 aromatic heterocycles. The van der Waals surface area contributed by atoms with Gasteiger partial charge in [0.15, 0.2) is 17.7 Å². The zero-order chi connectivity index (χ0) is 21.1. The third-order valence-corrected chi connectivity index (χ3v) is 7.11. The van der Waals surface area contributed by atoms with E-state index in [9.17, 15) is 15.0 Å². The van der Waals surface area contributed by atoms with Crippen molar-refractivity contribution in [3.8, 4) is 0 Å². The van der Waals surface area contributed by atoms with Crippen molar-refractivity contribution in [3.05, 3.63) is 25.3 Å². The molecule has 0 amide bonds. The number of hydrogen-bond donors (Lipinski definition) is 5. The molecular formula is C17H25N6O5S+. The van der Waals surface area contributed by atoms with Crippen molar-refractivity contribution < 1.29 is 24.9 Å². The lowest BCUT2D eigenvalue weighted by Crippen LogP contribution is -2.38. The van der Waals surface area contributed by atoms with Gasteiger partial charge in [0.2, 0.25) is 0 Å². The maximum absolute atomic E-state index is 10.9. The van der Waals surface area contributed by atoms with Gasteiger partial charge in [-0.1, -0.05) is 6.58 Å². The molecule has 3 heterocycles. The number of aliphatic hydroxyl groups excluding tert-OH is 2. The van der Waals surface area contributed by atoms with Gasteiger partial charge >= 0.3 is 5.97 Å². The van der Waals surface area contributed by atoms with Crippen molar-refractivity contribution in [1.29, 1.82) is 0 Å². The third-order valence-electron chi connectivity index (χ3n) is 4.79. The fraction of sp³-hybridized carbons (Fsp3) is 0.529. The maximum atomic E-state index is 10.9. The monoisotopic (exact) mass is 425 g/mol. The average molecular weight is 425 g/mol. The van der Waals surface area contributed by atoms with Crippen LogP contribution in [0.2, 0.25) is 0 Å². The minimum absolute atomic E-state index is 0.209. The first kappa shape index (κ1) is 21.5. The van der Waals surface area contributed by atoms with Gasteiger partial charge in [-0.15, -0.1) is 0 Å². The Morgan fingerprint density at radius 2 is 2.14 bits per heavy atom. The molecule has 1 fully saturated rings. The second-order valence-electron chi connectivity index (χ2n) is 6.80. The van der Waals surface area contributed by atoms with E-state index >= 15 is 0 Å². The van der Waals surface area contributed by atoms with E-state index in [-0.39, 0.29) is 16.7 Å². The number of nitrogens with zero attached hydrogens (tertiary/aromatic N) is 4. The highest BCUT2D eigenvalue weighted by Gasteiger charge is 2.47. The summed E-state index contributed by atoms with van der Waals surface area (Å²) in [7, 11) is -0.308. The molecule has 12 heteroatoms. The molecule has 11 nitrogen and oxygen atoms in total. The molecule has 0 radical (unpaired) electrons. The Labute approximate surface area is 169 Å². The van der Waals surface area contributed by atoms with Crippen LogP contribution in [0.5, 0.6) is 0 Å². The van der Waals surface area contributed by atoms with E-state index in [1.54, 1.807) is 6.08 Å². The minimum Gasteiger partial charge on any atom is -0.480 e. The highest BCUT2D eigenvalue weighted by Crippen LogP contribution is 2.33. The number of aliphatic carboxylic acids is 1. The van der Waals surface area contributed by atoms with Crippen LogP contribution in [-0.2, 0) is 20.4 Å². The molecule has 0 saturated carbocycles. The van der Waals surface area contributed by atoms with Gasteiger partial charge in [-0.2, -0.15) is 0 Å². The van der Waals surface area contributed by atoms with E-state index in [0.717, 1.165) is 0 Å². The third kappa shape index (κ3) is 4.51. The Hall–Kier alpha value is -2.25. The molecule has 1 aliphatic heterocycles. The summed E-state index contributed by atoms with van der Waals surface area (Å²) in [6.07, 6.45) is 0.943. The van der Waals surface area contributed by atoms with Gasteiger partial charge in [0.1, 0.15) is 53.5 Å². The van der Waals surface area contributed by atoms with E-state index in [1.165, 1.54) is 17.2 Å². The molecule has 158 valence electrons. The van der Waals surface area contributed by atoms with Crippen LogP contribution in [-0.4, -0.2) is 82.4 Å². The van der Waals surface area contributed by atoms with E-state index in [1.807, 2.05) is 0 Å². The summed E-state index contributed by atoms with van der Waals surface area (Å²) in [4.78, 5) is 23.1. The van der Waals surface area contributed by atoms with Gasteiger partial charge < -0.3 is 31.5 Å². The lowest BCUT2D eigenvalue weighted by molar-refractivity contribution is -0.138. The second kappa shape index (κ2) is 9.05. The number of nitrogens with two attached hydrogens (primary N) is 2. The zero-order valence-corrected chi connectivity index (χ0v) is 16.5. The summed E-state index contributed by atoms with van der Waals surface area (Å²) in [6.45, 7) is 3.74. The molecule has 29 heavy (non-hydrogen) atoms. The molecule has 2 unspecified atom stereocenters. The first-order valence-electron chi connectivity index (χ1n) is 9.01. The lowest BCUT2D eigenvalue weighted by atomic mass is 10.1. The molecule has 1 saturated heterocycles. The van der Waals surface area contributed by atoms with Gasteiger partial charge in [-0.05, 0) is 17.0 Å². The minimum atomic E-state index is -1.19. The predicted molar refractivity (Wildman–Crippen MR) is 108 cm³/mol. The highest BCUT2D eigenvalue weighted by atomic mass is 32.2. The largest absolute Gasteiger partial charge is 0.480 e. The molecule has 7 N–H and O–H groups in total. The van der Waals surface area contributed by atoms with E-state index in [4.69, 9.17) is 21.3 Å². The van der Waals surface area contributed by atoms with Crippen molar-refractivity contribution >= 4 is 33.8 Å². The number of fused-ring (bicyclic) bond motifs is 1. The van der Waals surface area contributed by atoms with Crippen LogP contribution >= 0.6 is 0 Å². The molecule has 0 aliphatic carbocycles. The molecule has 6 atom stereocenters. The van der Waals surface area contributed by atoms with E-state index in [2.05, 4.69) is 21.5 Å². The van der Waals surface area contributed by atoms with Crippen molar-refractivity contribution in [2.24, 2.45) is 5.73 Å². The van der Waals surface area contributed by atoms with Crippen LogP contribution in [0.1, 0.15) is 12.6 Å². The zero-order valence-electron chi connectivity index (χ0n) is 15.7.